The Bertz CT molecular complexity index is 551. The number of piperazine rings is 1. The van der Waals surface area contributed by atoms with Crippen molar-refractivity contribution in [2.24, 2.45) is 5.92 Å². The zero-order valence-electron chi connectivity index (χ0n) is 13.2. The predicted octanol–water partition coefficient (Wildman–Crippen LogP) is 3.79. The van der Waals surface area contributed by atoms with Crippen molar-refractivity contribution in [1.82, 2.24) is 10.2 Å². The molecule has 1 heterocycles. The van der Waals surface area contributed by atoms with Gasteiger partial charge >= 0.3 is 0 Å². The van der Waals surface area contributed by atoms with Gasteiger partial charge in [0, 0.05) is 38.3 Å². The smallest absolute Gasteiger partial charge is 0.195 e. The van der Waals surface area contributed by atoms with Gasteiger partial charge < -0.3 is 10.4 Å². The molecule has 3 nitrogen and oxygen atoms in total. The fourth-order valence-electron chi connectivity index (χ4n) is 3.83. The van der Waals surface area contributed by atoms with Gasteiger partial charge in [-0.05, 0) is 18.8 Å². The lowest BCUT2D eigenvalue weighted by molar-refractivity contribution is 0.119. The third-order valence-electron chi connectivity index (χ3n) is 4.87. The number of aromatic hydroxyl groups is 1. The first-order chi connectivity index (χ1) is 10.6. The van der Waals surface area contributed by atoms with E-state index in [1.165, 1.54) is 0 Å². The first kappa shape index (κ1) is 21.4. The maximum absolute atomic E-state index is 14.4. The van der Waals surface area contributed by atoms with Crippen molar-refractivity contribution in [3.63, 3.8) is 0 Å². The van der Waals surface area contributed by atoms with Crippen LogP contribution in [0.4, 0.5) is 13.2 Å². The molecule has 1 aromatic rings. The molecule has 0 bridgehead atoms. The van der Waals surface area contributed by atoms with Crippen LogP contribution in [-0.4, -0.2) is 36.2 Å². The Morgan fingerprint density at radius 2 is 1.62 bits per heavy atom. The summed E-state index contributed by atoms with van der Waals surface area (Å²) in [5.41, 5.74) is -0.0762. The summed E-state index contributed by atoms with van der Waals surface area (Å²) in [6, 6.07) is 0.303. The van der Waals surface area contributed by atoms with Crippen molar-refractivity contribution in [2.45, 2.75) is 31.7 Å². The summed E-state index contributed by atoms with van der Waals surface area (Å²) in [7, 11) is 0. The summed E-state index contributed by atoms with van der Waals surface area (Å²) in [6.45, 7) is 2.96. The Labute approximate surface area is 152 Å². The van der Waals surface area contributed by atoms with E-state index in [0.717, 1.165) is 38.8 Å². The van der Waals surface area contributed by atoms with Gasteiger partial charge in [0.05, 0.1) is 5.56 Å². The topological polar surface area (TPSA) is 35.5 Å². The summed E-state index contributed by atoms with van der Waals surface area (Å²) >= 11 is 0. The zero-order valence-corrected chi connectivity index (χ0v) is 14.9. The van der Waals surface area contributed by atoms with Crippen LogP contribution in [0.3, 0.4) is 0 Å². The average molecular weight is 387 g/mol. The van der Waals surface area contributed by atoms with Crippen molar-refractivity contribution in [3.8, 4) is 5.75 Å². The van der Waals surface area contributed by atoms with Gasteiger partial charge in [-0.1, -0.05) is 12.8 Å². The molecule has 0 aromatic heterocycles. The second kappa shape index (κ2) is 9.13. The molecule has 8 heteroatoms. The fourth-order valence-corrected chi connectivity index (χ4v) is 3.83. The molecule has 2 aliphatic rings. The van der Waals surface area contributed by atoms with E-state index in [1.807, 2.05) is 0 Å². The van der Waals surface area contributed by atoms with E-state index < -0.39 is 23.2 Å². The van der Waals surface area contributed by atoms with Crippen LogP contribution in [0, 0.1) is 23.4 Å². The zero-order chi connectivity index (χ0) is 15.7. The molecule has 2 fully saturated rings. The van der Waals surface area contributed by atoms with Crippen LogP contribution in [0.2, 0.25) is 0 Å². The third-order valence-corrected chi connectivity index (χ3v) is 4.87. The summed E-state index contributed by atoms with van der Waals surface area (Å²) in [5.74, 6) is -4.39. The van der Waals surface area contributed by atoms with Crippen molar-refractivity contribution in [1.29, 1.82) is 0 Å². The lowest BCUT2D eigenvalue weighted by Crippen LogP contribution is -2.47. The number of hydrogen-bond acceptors (Lipinski definition) is 3. The van der Waals surface area contributed by atoms with E-state index in [-0.39, 0.29) is 42.3 Å². The molecule has 0 amide bonds. The van der Waals surface area contributed by atoms with Gasteiger partial charge in [0.1, 0.15) is 5.75 Å². The van der Waals surface area contributed by atoms with Crippen LogP contribution in [0.25, 0.3) is 0 Å². The standard InChI is InChI=1S/C16H21F3N2O.2ClH/c17-11-9-12(22)13(15(19)14(11)18)16(10-3-1-2-4-10)21-7-5-20-6-8-21;;/h9-10,16,20,22H,1-8H2;2*1H/t16-;;/m0../s1. The normalized spacial score (nSPS) is 20.3. The molecule has 24 heavy (non-hydrogen) atoms. The second-order valence-electron chi connectivity index (χ2n) is 6.19. The van der Waals surface area contributed by atoms with Gasteiger partial charge in [-0.15, -0.1) is 24.8 Å². The number of benzene rings is 1. The van der Waals surface area contributed by atoms with Crippen molar-refractivity contribution < 1.29 is 18.3 Å². The van der Waals surface area contributed by atoms with Gasteiger partial charge in [0.15, 0.2) is 17.5 Å². The molecule has 0 unspecified atom stereocenters. The van der Waals surface area contributed by atoms with Crippen LogP contribution in [-0.2, 0) is 0 Å². The van der Waals surface area contributed by atoms with E-state index >= 15 is 0 Å². The number of rotatable bonds is 3. The molecule has 3 rings (SSSR count). The van der Waals surface area contributed by atoms with Crippen LogP contribution in [0.5, 0.6) is 5.75 Å². The quantitative estimate of drug-likeness (QED) is 0.775. The minimum Gasteiger partial charge on any atom is -0.507 e. The monoisotopic (exact) mass is 386 g/mol. The molecule has 0 spiro atoms. The largest absolute Gasteiger partial charge is 0.507 e. The maximum atomic E-state index is 14.4. The lowest BCUT2D eigenvalue weighted by atomic mass is 9.88. The average Bonchev–Trinajstić information content (AvgIpc) is 3.04. The molecule has 1 aliphatic carbocycles. The van der Waals surface area contributed by atoms with Gasteiger partial charge in [-0.25, -0.2) is 13.2 Å². The number of halogens is 5. The highest BCUT2D eigenvalue weighted by Crippen LogP contribution is 2.44. The summed E-state index contributed by atoms with van der Waals surface area (Å²) in [5, 5.41) is 13.3. The molecular formula is C16H23Cl2F3N2O. The first-order valence-electron chi connectivity index (χ1n) is 7.90. The van der Waals surface area contributed by atoms with Crippen molar-refractivity contribution in [2.75, 3.05) is 26.2 Å². The molecular weight excluding hydrogens is 364 g/mol. The number of phenolic OH excluding ortho intramolecular Hbond substituents is 1. The van der Waals surface area contributed by atoms with E-state index in [4.69, 9.17) is 0 Å². The van der Waals surface area contributed by atoms with Gasteiger partial charge in [-0.3, -0.25) is 4.90 Å². The van der Waals surface area contributed by atoms with Crippen molar-refractivity contribution >= 4 is 24.8 Å². The highest BCUT2D eigenvalue weighted by atomic mass is 35.5. The Morgan fingerprint density at radius 1 is 1.04 bits per heavy atom. The molecule has 138 valence electrons. The lowest BCUT2D eigenvalue weighted by Gasteiger charge is -2.39. The third kappa shape index (κ3) is 4.10. The Hall–Kier alpha value is -0.690. The molecule has 2 N–H and O–H groups in total. The van der Waals surface area contributed by atoms with Crippen LogP contribution in [0.1, 0.15) is 37.3 Å². The second-order valence-corrected chi connectivity index (χ2v) is 6.19. The molecule has 1 saturated heterocycles. The molecule has 1 atom stereocenters. The van der Waals surface area contributed by atoms with Crippen LogP contribution < -0.4 is 5.32 Å². The number of nitrogens with zero attached hydrogens (tertiary/aromatic N) is 1. The van der Waals surface area contributed by atoms with Gasteiger partial charge in [0.2, 0.25) is 0 Å². The fraction of sp³-hybridized carbons (Fsp3) is 0.625. The summed E-state index contributed by atoms with van der Waals surface area (Å²) < 4.78 is 41.4. The summed E-state index contributed by atoms with van der Waals surface area (Å²) in [4.78, 5) is 2.09. The highest BCUT2D eigenvalue weighted by Gasteiger charge is 2.36. The van der Waals surface area contributed by atoms with E-state index in [0.29, 0.717) is 19.2 Å². The first-order valence-corrected chi connectivity index (χ1v) is 7.90. The number of hydrogen-bond donors (Lipinski definition) is 2. The van der Waals surface area contributed by atoms with Crippen LogP contribution >= 0.6 is 24.8 Å². The maximum Gasteiger partial charge on any atom is 0.195 e. The molecule has 0 radical (unpaired) electrons. The highest BCUT2D eigenvalue weighted by molar-refractivity contribution is 5.85. The number of nitrogens with one attached hydrogen (secondary N) is 1. The number of phenols is 1. The van der Waals surface area contributed by atoms with E-state index in [1.54, 1.807) is 0 Å². The predicted molar refractivity (Wildman–Crippen MR) is 91.6 cm³/mol. The van der Waals surface area contributed by atoms with E-state index in [2.05, 4.69) is 10.2 Å². The van der Waals surface area contributed by atoms with E-state index in [9.17, 15) is 18.3 Å². The van der Waals surface area contributed by atoms with Crippen LogP contribution in [0.15, 0.2) is 6.07 Å². The minimum absolute atomic E-state index is 0. The summed E-state index contributed by atoms with van der Waals surface area (Å²) in [6.07, 6.45) is 3.96. The molecule has 1 saturated carbocycles. The van der Waals surface area contributed by atoms with Crippen molar-refractivity contribution in [3.05, 3.63) is 29.1 Å². The molecule has 1 aliphatic heterocycles. The Balaban J connectivity index is 0.00000144. The van der Waals surface area contributed by atoms with Gasteiger partial charge in [-0.2, -0.15) is 0 Å². The van der Waals surface area contributed by atoms with Gasteiger partial charge in [0.25, 0.3) is 0 Å². The Morgan fingerprint density at radius 3 is 2.21 bits per heavy atom. The SMILES string of the molecule is Cl.Cl.Oc1cc(F)c(F)c(F)c1[C@H](C1CCCC1)N1CCNCC1. The molecule has 1 aromatic carbocycles. The Kier molecular flexibility index (Phi) is 8.12. The minimum atomic E-state index is -1.49.